The van der Waals surface area contributed by atoms with Crippen molar-refractivity contribution in [1.82, 2.24) is 20.0 Å². The number of rotatable bonds is 3. The van der Waals surface area contributed by atoms with Gasteiger partial charge in [-0.3, -0.25) is 4.79 Å². The van der Waals surface area contributed by atoms with Gasteiger partial charge in [-0.15, -0.1) is 0 Å². The van der Waals surface area contributed by atoms with Gasteiger partial charge in [-0.05, 0) is 27.2 Å². The minimum atomic E-state index is -0.538. The predicted molar refractivity (Wildman–Crippen MR) is 90.7 cm³/mol. The molecule has 0 saturated carbocycles. The van der Waals surface area contributed by atoms with Crippen LogP contribution in [0.1, 0.15) is 34.1 Å². The summed E-state index contributed by atoms with van der Waals surface area (Å²) < 4.78 is 5.25. The molecule has 1 heterocycles. The van der Waals surface area contributed by atoms with Crippen LogP contribution in [0.2, 0.25) is 0 Å². The molecule has 24 heavy (non-hydrogen) atoms. The van der Waals surface area contributed by atoms with Crippen LogP contribution in [0, 0.1) is 0 Å². The molecule has 0 aromatic heterocycles. The number of nitrogens with one attached hydrogen (secondary N) is 1. The lowest BCUT2D eigenvalue weighted by Crippen LogP contribution is -2.45. The highest BCUT2D eigenvalue weighted by Crippen LogP contribution is 2.08. The van der Waals surface area contributed by atoms with Crippen molar-refractivity contribution >= 4 is 18.0 Å². The van der Waals surface area contributed by atoms with Crippen LogP contribution < -0.4 is 5.32 Å². The van der Waals surface area contributed by atoms with Crippen molar-refractivity contribution in [2.45, 2.75) is 39.7 Å². The van der Waals surface area contributed by atoms with Gasteiger partial charge in [0.2, 0.25) is 5.91 Å². The fourth-order valence-electron chi connectivity index (χ4n) is 2.31. The largest absolute Gasteiger partial charge is 0.444 e. The highest BCUT2D eigenvalue weighted by Gasteiger charge is 2.21. The maximum Gasteiger partial charge on any atom is 0.410 e. The SMILES string of the molecule is CC(=O)N1CCCN(C(=O)NCCN(C)C(=O)OC(C)(C)C)CC1. The van der Waals surface area contributed by atoms with Crippen molar-refractivity contribution in [3.8, 4) is 0 Å². The summed E-state index contributed by atoms with van der Waals surface area (Å²) in [4.78, 5) is 40.3. The lowest BCUT2D eigenvalue weighted by molar-refractivity contribution is -0.128. The fraction of sp³-hybridized carbons (Fsp3) is 0.812. The van der Waals surface area contributed by atoms with Gasteiger partial charge in [0.15, 0.2) is 0 Å². The van der Waals surface area contributed by atoms with Crippen LogP contribution in [-0.4, -0.2) is 84.6 Å². The number of hydrogen-bond donors (Lipinski definition) is 1. The topological polar surface area (TPSA) is 82.2 Å². The van der Waals surface area contributed by atoms with Gasteiger partial charge in [0, 0.05) is 53.2 Å². The van der Waals surface area contributed by atoms with Crippen LogP contribution in [-0.2, 0) is 9.53 Å². The van der Waals surface area contributed by atoms with Crippen LogP contribution in [0.4, 0.5) is 9.59 Å². The van der Waals surface area contributed by atoms with Crippen LogP contribution in [0.5, 0.6) is 0 Å². The smallest absolute Gasteiger partial charge is 0.410 e. The molecule has 1 saturated heterocycles. The van der Waals surface area contributed by atoms with Gasteiger partial charge in [-0.1, -0.05) is 0 Å². The molecule has 1 aliphatic heterocycles. The first-order valence-electron chi connectivity index (χ1n) is 8.32. The van der Waals surface area contributed by atoms with Crippen molar-refractivity contribution in [3.63, 3.8) is 0 Å². The van der Waals surface area contributed by atoms with Crippen LogP contribution in [0.25, 0.3) is 0 Å². The van der Waals surface area contributed by atoms with Gasteiger partial charge in [0.25, 0.3) is 0 Å². The Bertz CT molecular complexity index is 461. The lowest BCUT2D eigenvalue weighted by Gasteiger charge is -2.25. The van der Waals surface area contributed by atoms with E-state index in [1.165, 1.54) is 4.90 Å². The zero-order chi connectivity index (χ0) is 18.3. The summed E-state index contributed by atoms with van der Waals surface area (Å²) in [5, 5.41) is 2.81. The Morgan fingerprint density at radius 1 is 1.08 bits per heavy atom. The number of carbonyl (C=O) groups excluding carboxylic acids is 3. The molecule has 1 fully saturated rings. The molecule has 0 atom stereocenters. The van der Waals surface area contributed by atoms with Crippen molar-refractivity contribution < 1.29 is 19.1 Å². The first-order chi connectivity index (χ1) is 11.1. The number of hydrogen-bond acceptors (Lipinski definition) is 4. The monoisotopic (exact) mass is 342 g/mol. The number of carbonyl (C=O) groups is 3. The molecule has 0 aliphatic carbocycles. The summed E-state index contributed by atoms with van der Waals surface area (Å²) in [6.45, 7) is 10.1. The number of nitrogens with zero attached hydrogens (tertiary/aromatic N) is 3. The van der Waals surface area contributed by atoms with Crippen molar-refractivity contribution in [2.24, 2.45) is 0 Å². The second-order valence-corrected chi connectivity index (χ2v) is 6.98. The minimum Gasteiger partial charge on any atom is -0.444 e. The van der Waals surface area contributed by atoms with E-state index in [0.717, 1.165) is 6.42 Å². The van der Waals surface area contributed by atoms with Crippen LogP contribution >= 0.6 is 0 Å². The van der Waals surface area contributed by atoms with Crippen molar-refractivity contribution in [3.05, 3.63) is 0 Å². The number of likely N-dealkylation sites (N-methyl/N-ethyl adjacent to an activating group) is 1. The van der Waals surface area contributed by atoms with E-state index in [0.29, 0.717) is 39.3 Å². The molecule has 138 valence electrons. The predicted octanol–water partition coefficient (Wildman–Crippen LogP) is 1.12. The third kappa shape index (κ3) is 7.06. The zero-order valence-electron chi connectivity index (χ0n) is 15.4. The van der Waals surface area contributed by atoms with Gasteiger partial charge >= 0.3 is 12.1 Å². The van der Waals surface area contributed by atoms with Gasteiger partial charge in [0.1, 0.15) is 5.60 Å². The molecule has 0 aromatic rings. The first-order valence-corrected chi connectivity index (χ1v) is 8.32. The quantitative estimate of drug-likeness (QED) is 0.833. The molecule has 0 unspecified atom stereocenters. The van der Waals surface area contributed by atoms with Crippen LogP contribution in [0.3, 0.4) is 0 Å². The Kier molecular flexibility index (Phi) is 7.31. The maximum atomic E-state index is 12.2. The van der Waals surface area contributed by atoms with Gasteiger partial charge in [0.05, 0.1) is 0 Å². The van der Waals surface area contributed by atoms with E-state index in [4.69, 9.17) is 4.74 Å². The average Bonchev–Trinajstić information content (AvgIpc) is 2.71. The first kappa shape index (κ1) is 20.1. The highest BCUT2D eigenvalue weighted by atomic mass is 16.6. The number of urea groups is 1. The Morgan fingerprint density at radius 3 is 2.25 bits per heavy atom. The molecule has 0 bridgehead atoms. The normalized spacial score (nSPS) is 15.5. The summed E-state index contributed by atoms with van der Waals surface area (Å²) in [6.07, 6.45) is 0.355. The Hall–Kier alpha value is -1.99. The molecule has 4 amide bonds. The van der Waals surface area contributed by atoms with Gasteiger partial charge < -0.3 is 24.8 Å². The molecular formula is C16H30N4O4. The van der Waals surface area contributed by atoms with E-state index < -0.39 is 11.7 Å². The summed E-state index contributed by atoms with van der Waals surface area (Å²) in [7, 11) is 1.64. The van der Waals surface area contributed by atoms with E-state index in [-0.39, 0.29) is 11.9 Å². The molecule has 1 aliphatic rings. The number of ether oxygens (including phenoxy) is 1. The molecular weight excluding hydrogens is 312 g/mol. The van der Waals surface area contributed by atoms with E-state index in [2.05, 4.69) is 5.32 Å². The summed E-state index contributed by atoms with van der Waals surface area (Å²) in [6, 6.07) is -0.169. The van der Waals surface area contributed by atoms with Crippen molar-refractivity contribution in [1.29, 1.82) is 0 Å². The lowest BCUT2D eigenvalue weighted by atomic mass is 10.2. The van der Waals surface area contributed by atoms with Crippen molar-refractivity contribution in [2.75, 3.05) is 46.3 Å². The third-order valence-corrected chi connectivity index (χ3v) is 3.66. The highest BCUT2D eigenvalue weighted by molar-refractivity contribution is 5.75. The van der Waals surface area contributed by atoms with Gasteiger partial charge in [-0.2, -0.15) is 0 Å². The van der Waals surface area contributed by atoms with E-state index in [1.807, 2.05) is 20.8 Å². The number of amides is 4. The Morgan fingerprint density at radius 2 is 1.67 bits per heavy atom. The zero-order valence-corrected chi connectivity index (χ0v) is 15.4. The molecule has 0 aromatic carbocycles. The van der Waals surface area contributed by atoms with Crippen LogP contribution in [0.15, 0.2) is 0 Å². The van der Waals surface area contributed by atoms with E-state index in [1.54, 1.807) is 23.8 Å². The van der Waals surface area contributed by atoms with Gasteiger partial charge in [-0.25, -0.2) is 9.59 Å². The maximum absolute atomic E-state index is 12.2. The van der Waals surface area contributed by atoms with E-state index >= 15 is 0 Å². The Balaban J connectivity index is 2.33. The molecule has 8 heteroatoms. The Labute approximate surface area is 144 Å². The summed E-state index contributed by atoms with van der Waals surface area (Å²) in [5.74, 6) is 0.0382. The molecule has 1 N–H and O–H groups in total. The molecule has 8 nitrogen and oxygen atoms in total. The second kappa shape index (κ2) is 8.75. The average molecular weight is 342 g/mol. The summed E-state index contributed by atoms with van der Waals surface area (Å²) >= 11 is 0. The minimum absolute atomic E-state index is 0.0382. The molecule has 1 rings (SSSR count). The molecule has 0 radical (unpaired) electrons. The fourth-order valence-corrected chi connectivity index (χ4v) is 2.31. The third-order valence-electron chi connectivity index (χ3n) is 3.66. The van der Waals surface area contributed by atoms with E-state index in [9.17, 15) is 14.4 Å². The summed E-state index contributed by atoms with van der Waals surface area (Å²) in [5.41, 5.74) is -0.538. The second-order valence-electron chi connectivity index (χ2n) is 6.98. The molecule has 0 spiro atoms. The standard InChI is InChI=1S/C16H30N4O4/c1-13(21)19-8-6-9-20(12-11-19)14(22)17-7-10-18(5)15(23)24-16(2,3)4/h6-12H2,1-5H3,(H,17,22).